The third-order valence-electron chi connectivity index (χ3n) is 5.34. The van der Waals surface area contributed by atoms with Gasteiger partial charge in [0.1, 0.15) is 12.6 Å². The summed E-state index contributed by atoms with van der Waals surface area (Å²) >= 11 is 12.2. The predicted molar refractivity (Wildman–Crippen MR) is 142 cm³/mol. The second-order valence-electron chi connectivity index (χ2n) is 9.46. The second-order valence-corrected chi connectivity index (χ2v) is 12.2. The molecular weight excluding hydrogens is 509 g/mol. The minimum absolute atomic E-state index is 0.109. The molecule has 1 N–H and O–H groups in total. The van der Waals surface area contributed by atoms with E-state index < -0.39 is 34.1 Å². The largest absolute Gasteiger partial charge is 0.350 e. The van der Waals surface area contributed by atoms with E-state index in [1.54, 1.807) is 49.4 Å². The highest BCUT2D eigenvalue weighted by Crippen LogP contribution is 2.28. The van der Waals surface area contributed by atoms with Crippen LogP contribution in [0.5, 0.6) is 0 Å². The van der Waals surface area contributed by atoms with Gasteiger partial charge in [0.15, 0.2) is 0 Å². The average Bonchev–Trinajstić information content (AvgIpc) is 2.73. The number of rotatable bonds is 9. The molecule has 0 aliphatic rings. The van der Waals surface area contributed by atoms with Gasteiger partial charge in [-0.25, -0.2) is 8.42 Å². The molecule has 0 saturated carbocycles. The van der Waals surface area contributed by atoms with Crippen LogP contribution in [0.1, 0.15) is 45.2 Å². The number of amides is 2. The molecule has 0 heterocycles. The van der Waals surface area contributed by atoms with Crippen LogP contribution in [0.15, 0.2) is 42.5 Å². The Morgan fingerprint density at radius 3 is 2.17 bits per heavy atom. The van der Waals surface area contributed by atoms with Gasteiger partial charge in [-0.15, -0.1) is 0 Å². The first-order chi connectivity index (χ1) is 16.1. The minimum atomic E-state index is -3.84. The molecule has 10 heteroatoms. The molecule has 0 aromatic heterocycles. The van der Waals surface area contributed by atoms with Crippen LogP contribution in [0.4, 0.5) is 5.69 Å². The van der Waals surface area contributed by atoms with Crippen molar-refractivity contribution in [3.8, 4) is 0 Å². The molecular formula is C25H33Cl2N3O4S. The number of anilines is 1. The lowest BCUT2D eigenvalue weighted by Gasteiger charge is -2.34. The van der Waals surface area contributed by atoms with Crippen LogP contribution in [-0.2, 0) is 26.2 Å². The van der Waals surface area contributed by atoms with Crippen LogP contribution in [0.3, 0.4) is 0 Å². The first-order valence-electron chi connectivity index (χ1n) is 11.2. The van der Waals surface area contributed by atoms with Gasteiger partial charge in [0, 0.05) is 22.1 Å². The molecule has 1 atom stereocenters. The van der Waals surface area contributed by atoms with Crippen molar-refractivity contribution < 1.29 is 18.0 Å². The lowest BCUT2D eigenvalue weighted by molar-refractivity contribution is -0.141. The highest BCUT2D eigenvalue weighted by molar-refractivity contribution is 7.92. The lowest BCUT2D eigenvalue weighted by Crippen LogP contribution is -2.55. The molecule has 0 fully saturated rings. The molecule has 0 saturated heterocycles. The molecule has 0 aliphatic heterocycles. The maximum Gasteiger partial charge on any atom is 0.244 e. The van der Waals surface area contributed by atoms with E-state index >= 15 is 0 Å². The summed E-state index contributed by atoms with van der Waals surface area (Å²) in [6.07, 6.45) is 1.38. The fourth-order valence-electron chi connectivity index (χ4n) is 3.62. The van der Waals surface area contributed by atoms with Gasteiger partial charge in [0.25, 0.3) is 0 Å². The van der Waals surface area contributed by atoms with Crippen molar-refractivity contribution in [1.82, 2.24) is 10.2 Å². The van der Waals surface area contributed by atoms with Crippen molar-refractivity contribution in [3.63, 3.8) is 0 Å². The van der Waals surface area contributed by atoms with Crippen molar-refractivity contribution in [2.24, 2.45) is 0 Å². The van der Waals surface area contributed by atoms with Gasteiger partial charge in [-0.2, -0.15) is 0 Å². The summed E-state index contributed by atoms with van der Waals surface area (Å²) in [4.78, 5) is 28.3. The third kappa shape index (κ3) is 8.12. The number of hydrogen-bond acceptors (Lipinski definition) is 4. The number of nitrogens with one attached hydrogen (secondary N) is 1. The quantitative estimate of drug-likeness (QED) is 0.494. The van der Waals surface area contributed by atoms with Gasteiger partial charge in [0.2, 0.25) is 21.8 Å². The van der Waals surface area contributed by atoms with Crippen LogP contribution in [-0.4, -0.2) is 49.5 Å². The van der Waals surface area contributed by atoms with E-state index in [4.69, 9.17) is 23.2 Å². The van der Waals surface area contributed by atoms with Crippen LogP contribution < -0.4 is 9.62 Å². The third-order valence-corrected chi connectivity index (χ3v) is 7.13. The van der Waals surface area contributed by atoms with Crippen molar-refractivity contribution in [3.05, 3.63) is 63.6 Å². The zero-order chi connectivity index (χ0) is 26.6. The SMILES string of the molecule is CCC(C(=O)NC(C)(C)C)N(Cc1ccc(Cl)cc1)C(=O)CN(c1cccc(Cl)c1C)S(C)(=O)=O. The van der Waals surface area contributed by atoms with E-state index in [9.17, 15) is 18.0 Å². The summed E-state index contributed by atoms with van der Waals surface area (Å²) in [5.74, 6) is -0.826. The molecule has 7 nitrogen and oxygen atoms in total. The number of carbonyl (C=O) groups is 2. The predicted octanol–water partition coefficient (Wildman–Crippen LogP) is 4.79. The maximum atomic E-state index is 13.7. The van der Waals surface area contributed by atoms with Crippen molar-refractivity contribution in [2.45, 2.75) is 59.2 Å². The van der Waals surface area contributed by atoms with Crippen LogP contribution in [0.25, 0.3) is 0 Å². The van der Waals surface area contributed by atoms with E-state index in [1.165, 1.54) is 4.90 Å². The van der Waals surface area contributed by atoms with E-state index in [2.05, 4.69) is 5.32 Å². The molecule has 2 aromatic carbocycles. The fraction of sp³-hybridized carbons (Fsp3) is 0.440. The Labute approximate surface area is 218 Å². The molecule has 2 rings (SSSR count). The highest BCUT2D eigenvalue weighted by Gasteiger charge is 2.33. The van der Waals surface area contributed by atoms with Gasteiger partial charge < -0.3 is 10.2 Å². The second kappa shape index (κ2) is 11.6. The average molecular weight is 543 g/mol. The maximum absolute atomic E-state index is 13.7. The van der Waals surface area contributed by atoms with Gasteiger partial charge in [-0.1, -0.05) is 48.3 Å². The standard InChI is InChI=1S/C25H33Cl2N3O4S/c1-7-21(24(32)28-25(3,4)5)29(15-18-11-13-19(26)14-12-18)23(31)16-30(35(6,33)34)22-10-8-9-20(27)17(22)2/h8-14,21H,7,15-16H2,1-6H3,(H,28,32). The summed E-state index contributed by atoms with van der Waals surface area (Å²) in [6, 6.07) is 11.0. The van der Waals surface area contributed by atoms with Crippen LogP contribution in [0, 0.1) is 6.92 Å². The normalized spacial score (nSPS) is 12.7. The number of halogens is 2. The van der Waals surface area contributed by atoms with Gasteiger partial charge in [-0.05, 0) is 69.5 Å². The Balaban J connectivity index is 2.49. The summed E-state index contributed by atoms with van der Waals surface area (Å²) < 4.78 is 26.5. The topological polar surface area (TPSA) is 86.8 Å². The molecule has 0 spiro atoms. The number of sulfonamides is 1. The van der Waals surface area contributed by atoms with Crippen LogP contribution >= 0.6 is 23.2 Å². The first-order valence-corrected chi connectivity index (χ1v) is 13.8. The number of nitrogens with zero attached hydrogens (tertiary/aromatic N) is 2. The van der Waals surface area contributed by atoms with Crippen molar-refractivity contribution in [2.75, 3.05) is 17.1 Å². The summed E-state index contributed by atoms with van der Waals surface area (Å²) in [5, 5.41) is 3.86. The van der Waals surface area contributed by atoms with Crippen molar-refractivity contribution >= 4 is 50.7 Å². The highest BCUT2D eigenvalue weighted by atomic mass is 35.5. The molecule has 2 aromatic rings. The minimum Gasteiger partial charge on any atom is -0.350 e. The lowest BCUT2D eigenvalue weighted by atomic mass is 10.1. The van der Waals surface area contributed by atoms with Gasteiger partial charge in [-0.3, -0.25) is 13.9 Å². The first kappa shape index (κ1) is 28.9. The van der Waals surface area contributed by atoms with E-state index in [1.807, 2.05) is 27.7 Å². The fourth-order valence-corrected chi connectivity index (χ4v) is 4.82. The summed E-state index contributed by atoms with van der Waals surface area (Å²) in [6.45, 7) is 8.70. The number of hydrogen-bond donors (Lipinski definition) is 1. The van der Waals surface area contributed by atoms with E-state index in [0.29, 0.717) is 27.7 Å². The van der Waals surface area contributed by atoms with Crippen molar-refractivity contribution in [1.29, 1.82) is 0 Å². The Bertz CT molecular complexity index is 1160. The molecule has 192 valence electrons. The molecule has 0 bridgehead atoms. The monoisotopic (exact) mass is 541 g/mol. The van der Waals surface area contributed by atoms with Gasteiger partial charge >= 0.3 is 0 Å². The smallest absolute Gasteiger partial charge is 0.244 e. The number of benzene rings is 2. The van der Waals surface area contributed by atoms with Crippen LogP contribution in [0.2, 0.25) is 10.0 Å². The molecule has 0 aliphatic carbocycles. The van der Waals surface area contributed by atoms with E-state index in [0.717, 1.165) is 16.1 Å². The number of carbonyl (C=O) groups excluding carboxylic acids is 2. The molecule has 2 amide bonds. The zero-order valence-electron chi connectivity index (χ0n) is 20.9. The summed E-state index contributed by atoms with van der Waals surface area (Å²) in [5.41, 5.74) is 1.10. The Kier molecular flexibility index (Phi) is 9.62. The Morgan fingerprint density at radius 1 is 1.06 bits per heavy atom. The molecule has 0 radical (unpaired) electrons. The molecule has 35 heavy (non-hydrogen) atoms. The van der Waals surface area contributed by atoms with Gasteiger partial charge in [0.05, 0.1) is 11.9 Å². The Morgan fingerprint density at radius 2 is 1.66 bits per heavy atom. The van der Waals surface area contributed by atoms with E-state index in [-0.39, 0.29) is 12.5 Å². The molecule has 1 unspecified atom stereocenters. The Hall–Kier alpha value is -2.29. The zero-order valence-corrected chi connectivity index (χ0v) is 23.3. The summed E-state index contributed by atoms with van der Waals surface area (Å²) in [7, 11) is -3.84.